The van der Waals surface area contributed by atoms with Crippen LogP contribution in [-0.2, 0) is 0 Å². The maximum absolute atomic E-state index is 12.1. The van der Waals surface area contributed by atoms with E-state index >= 15 is 0 Å². The number of hydrogen-bond acceptors (Lipinski definition) is 2. The zero-order valence-corrected chi connectivity index (χ0v) is 13.4. The maximum atomic E-state index is 12.1. The minimum Gasteiger partial charge on any atom is -0.352 e. The molecule has 0 saturated carbocycles. The highest BCUT2D eigenvalue weighted by molar-refractivity contribution is 5.94. The molecule has 4 heteroatoms. The first-order chi connectivity index (χ1) is 11.7. The van der Waals surface area contributed by atoms with Gasteiger partial charge >= 0.3 is 0 Å². The summed E-state index contributed by atoms with van der Waals surface area (Å²) in [6.07, 6.45) is 0. The van der Waals surface area contributed by atoms with Gasteiger partial charge in [-0.2, -0.15) is 0 Å². The van der Waals surface area contributed by atoms with E-state index in [1.807, 2.05) is 49.4 Å². The predicted octanol–water partition coefficient (Wildman–Crippen LogP) is 3.46. The van der Waals surface area contributed by atoms with Gasteiger partial charge in [-0.15, -0.1) is 0 Å². The predicted molar refractivity (Wildman–Crippen MR) is 95.9 cm³/mol. The number of H-pyrrole nitrogens is 1. The number of nitrogens with one attached hydrogen (secondary N) is 2. The van der Waals surface area contributed by atoms with E-state index in [-0.39, 0.29) is 17.0 Å². The second kappa shape index (κ2) is 6.96. The standard InChI is InChI=1S/C20H18N2O2/c1-2-21-19(23)17-12-13-18(22-20(17)24)16-10-8-15(9-11-16)14-6-4-3-5-7-14/h3-13H,2H2,1H3,(H,21,23)(H,22,24). The number of carbonyl (C=O) groups is 1. The van der Waals surface area contributed by atoms with Crippen molar-refractivity contribution in [1.29, 1.82) is 0 Å². The van der Waals surface area contributed by atoms with Crippen molar-refractivity contribution in [2.45, 2.75) is 6.92 Å². The smallest absolute Gasteiger partial charge is 0.261 e. The zero-order valence-electron chi connectivity index (χ0n) is 13.4. The normalized spacial score (nSPS) is 10.4. The number of pyridine rings is 1. The van der Waals surface area contributed by atoms with Crippen LogP contribution in [-0.4, -0.2) is 17.4 Å². The van der Waals surface area contributed by atoms with E-state index in [4.69, 9.17) is 0 Å². The average Bonchev–Trinajstić information content (AvgIpc) is 2.62. The molecule has 0 aliphatic heterocycles. The van der Waals surface area contributed by atoms with Crippen molar-refractivity contribution in [1.82, 2.24) is 10.3 Å². The van der Waals surface area contributed by atoms with Crippen LogP contribution in [0.2, 0.25) is 0 Å². The van der Waals surface area contributed by atoms with Crippen molar-refractivity contribution >= 4 is 5.91 Å². The zero-order chi connectivity index (χ0) is 16.9. The summed E-state index contributed by atoms with van der Waals surface area (Å²) in [4.78, 5) is 26.7. The molecule has 1 amide bonds. The lowest BCUT2D eigenvalue weighted by molar-refractivity contribution is 0.0954. The molecule has 0 saturated heterocycles. The second-order valence-corrected chi connectivity index (χ2v) is 5.42. The van der Waals surface area contributed by atoms with Crippen LogP contribution in [0.3, 0.4) is 0 Å². The quantitative estimate of drug-likeness (QED) is 0.774. The molecular weight excluding hydrogens is 300 g/mol. The Morgan fingerprint density at radius 2 is 1.50 bits per heavy atom. The Hall–Kier alpha value is -3.14. The summed E-state index contributed by atoms with van der Waals surface area (Å²) < 4.78 is 0. The number of hydrogen-bond donors (Lipinski definition) is 2. The van der Waals surface area contributed by atoms with Gasteiger partial charge in [0.15, 0.2) is 0 Å². The number of amides is 1. The van der Waals surface area contributed by atoms with Crippen molar-refractivity contribution in [2.75, 3.05) is 6.54 Å². The summed E-state index contributed by atoms with van der Waals surface area (Å²) in [7, 11) is 0. The lowest BCUT2D eigenvalue weighted by Gasteiger charge is -2.06. The molecule has 0 radical (unpaired) electrons. The third-order valence-electron chi connectivity index (χ3n) is 3.79. The summed E-state index contributed by atoms with van der Waals surface area (Å²) in [6.45, 7) is 2.30. The molecule has 4 nitrogen and oxygen atoms in total. The van der Waals surface area contributed by atoms with Gasteiger partial charge in [-0.1, -0.05) is 54.6 Å². The van der Waals surface area contributed by atoms with E-state index in [2.05, 4.69) is 22.4 Å². The molecule has 0 unspecified atom stereocenters. The first-order valence-electron chi connectivity index (χ1n) is 7.86. The molecule has 1 aromatic heterocycles. The molecule has 0 aliphatic carbocycles. The van der Waals surface area contributed by atoms with Crippen LogP contribution >= 0.6 is 0 Å². The molecule has 3 rings (SSSR count). The minimum atomic E-state index is -0.384. The highest BCUT2D eigenvalue weighted by Gasteiger charge is 2.10. The van der Waals surface area contributed by atoms with E-state index < -0.39 is 0 Å². The summed E-state index contributed by atoms with van der Waals surface area (Å²) >= 11 is 0. The van der Waals surface area contributed by atoms with Gasteiger partial charge < -0.3 is 10.3 Å². The summed E-state index contributed by atoms with van der Waals surface area (Å²) in [5, 5.41) is 2.63. The van der Waals surface area contributed by atoms with E-state index in [1.165, 1.54) is 0 Å². The molecule has 24 heavy (non-hydrogen) atoms. The molecule has 3 aromatic rings. The fourth-order valence-electron chi connectivity index (χ4n) is 2.55. The second-order valence-electron chi connectivity index (χ2n) is 5.42. The first kappa shape index (κ1) is 15.7. The number of aromatic nitrogens is 1. The van der Waals surface area contributed by atoms with Gasteiger partial charge in [-0.3, -0.25) is 9.59 Å². The summed E-state index contributed by atoms with van der Waals surface area (Å²) in [5.41, 5.74) is 3.58. The summed E-state index contributed by atoms with van der Waals surface area (Å²) in [5.74, 6) is -0.357. The fraction of sp³-hybridized carbons (Fsp3) is 0.100. The molecule has 0 bridgehead atoms. The lowest BCUT2D eigenvalue weighted by Crippen LogP contribution is -2.29. The van der Waals surface area contributed by atoms with Gasteiger partial charge in [0.25, 0.3) is 11.5 Å². The molecule has 0 spiro atoms. The Labute approximate surface area is 140 Å². The van der Waals surface area contributed by atoms with Crippen LogP contribution in [0.15, 0.2) is 71.5 Å². The molecule has 0 aliphatic rings. The average molecular weight is 318 g/mol. The monoisotopic (exact) mass is 318 g/mol. The molecule has 0 fully saturated rings. The van der Waals surface area contributed by atoms with E-state index in [9.17, 15) is 9.59 Å². The van der Waals surface area contributed by atoms with Gasteiger partial charge in [0.05, 0.1) is 0 Å². The van der Waals surface area contributed by atoms with Crippen LogP contribution in [0.25, 0.3) is 22.4 Å². The van der Waals surface area contributed by atoms with Crippen LogP contribution in [0.4, 0.5) is 0 Å². The van der Waals surface area contributed by atoms with Gasteiger partial charge in [0.2, 0.25) is 0 Å². The topological polar surface area (TPSA) is 62.0 Å². The third-order valence-corrected chi connectivity index (χ3v) is 3.79. The highest BCUT2D eigenvalue weighted by Crippen LogP contribution is 2.23. The Morgan fingerprint density at radius 3 is 2.12 bits per heavy atom. The number of carbonyl (C=O) groups excluding carboxylic acids is 1. The summed E-state index contributed by atoms with van der Waals surface area (Å²) in [6, 6.07) is 21.4. The van der Waals surface area contributed by atoms with Crippen LogP contribution in [0.1, 0.15) is 17.3 Å². The number of benzene rings is 2. The first-order valence-corrected chi connectivity index (χ1v) is 7.86. The Morgan fingerprint density at radius 1 is 0.875 bits per heavy atom. The Kier molecular flexibility index (Phi) is 4.57. The van der Waals surface area contributed by atoms with Crippen molar-refractivity contribution in [3.05, 3.63) is 82.6 Å². The number of aromatic amines is 1. The highest BCUT2D eigenvalue weighted by atomic mass is 16.2. The van der Waals surface area contributed by atoms with Crippen LogP contribution < -0.4 is 10.9 Å². The molecule has 2 aromatic carbocycles. The maximum Gasteiger partial charge on any atom is 0.261 e. The SMILES string of the molecule is CCNC(=O)c1ccc(-c2ccc(-c3ccccc3)cc2)[nH]c1=O. The van der Waals surface area contributed by atoms with E-state index in [0.29, 0.717) is 12.2 Å². The molecule has 0 atom stereocenters. The molecule has 2 N–H and O–H groups in total. The lowest BCUT2D eigenvalue weighted by atomic mass is 10.0. The molecule has 1 heterocycles. The minimum absolute atomic E-state index is 0.126. The van der Waals surface area contributed by atoms with E-state index in [1.54, 1.807) is 12.1 Å². The largest absolute Gasteiger partial charge is 0.352 e. The third kappa shape index (κ3) is 3.27. The van der Waals surface area contributed by atoms with Crippen molar-refractivity contribution in [3.63, 3.8) is 0 Å². The fourth-order valence-corrected chi connectivity index (χ4v) is 2.55. The number of rotatable bonds is 4. The Bertz CT molecular complexity index is 897. The van der Waals surface area contributed by atoms with Crippen molar-refractivity contribution < 1.29 is 4.79 Å². The van der Waals surface area contributed by atoms with Gasteiger partial charge in [-0.25, -0.2) is 0 Å². The van der Waals surface area contributed by atoms with Gasteiger partial charge in [0, 0.05) is 12.2 Å². The van der Waals surface area contributed by atoms with Crippen LogP contribution in [0.5, 0.6) is 0 Å². The van der Waals surface area contributed by atoms with Crippen molar-refractivity contribution in [3.8, 4) is 22.4 Å². The van der Waals surface area contributed by atoms with Crippen LogP contribution in [0, 0.1) is 0 Å². The molecule has 120 valence electrons. The molecular formula is C20H18N2O2. The van der Waals surface area contributed by atoms with E-state index in [0.717, 1.165) is 16.7 Å². The van der Waals surface area contributed by atoms with Crippen molar-refractivity contribution in [2.24, 2.45) is 0 Å². The van der Waals surface area contributed by atoms with Gasteiger partial charge in [0.1, 0.15) is 5.56 Å². The Balaban J connectivity index is 1.88. The van der Waals surface area contributed by atoms with Gasteiger partial charge in [-0.05, 0) is 35.7 Å².